The maximum atomic E-state index is 0. The smallest absolute Gasteiger partial charge is 1.00 e. The zero-order valence-corrected chi connectivity index (χ0v) is 8.81. The first-order valence-corrected chi connectivity index (χ1v) is 0. The summed E-state index contributed by atoms with van der Waals surface area (Å²) in [6, 6.07) is 0. The fraction of sp³-hybridized carbons (Fsp3) is 0. The quantitative estimate of drug-likeness (QED) is 0.307. The summed E-state index contributed by atoms with van der Waals surface area (Å²) < 4.78 is 0. The molecule has 0 aliphatic heterocycles. The van der Waals surface area contributed by atoms with Crippen molar-refractivity contribution in [2.24, 2.45) is 0 Å². The molecule has 0 saturated carbocycles. The van der Waals surface area contributed by atoms with Gasteiger partial charge in [0.2, 0.25) is 0 Å². The zero-order chi connectivity index (χ0) is 0. The molecular formula is CaF4Pb. The van der Waals surface area contributed by atoms with Crippen LogP contribution in [0, 0.1) is 0 Å². The minimum atomic E-state index is 0. The van der Waals surface area contributed by atoms with Crippen molar-refractivity contribution in [1.82, 2.24) is 0 Å². The third-order valence-corrected chi connectivity index (χ3v) is 0. The van der Waals surface area contributed by atoms with Gasteiger partial charge in [0, 0.05) is 0 Å². The van der Waals surface area contributed by atoms with Crippen molar-refractivity contribution >= 4 is 65.0 Å². The van der Waals surface area contributed by atoms with Crippen molar-refractivity contribution in [3.8, 4) is 0 Å². The number of rotatable bonds is 0. The van der Waals surface area contributed by atoms with E-state index < -0.39 is 0 Å². The summed E-state index contributed by atoms with van der Waals surface area (Å²) in [5.41, 5.74) is 0. The third-order valence-electron chi connectivity index (χ3n) is 0. The van der Waals surface area contributed by atoms with Crippen LogP contribution in [-0.2, 0) is 0 Å². The van der Waals surface area contributed by atoms with E-state index in [9.17, 15) is 0 Å². The number of halogens is 4. The van der Waals surface area contributed by atoms with Crippen molar-refractivity contribution < 1.29 is 18.8 Å². The maximum absolute atomic E-state index is 0. The van der Waals surface area contributed by atoms with E-state index in [0.29, 0.717) is 0 Å². The van der Waals surface area contributed by atoms with Gasteiger partial charge in [-0.25, -0.2) is 0 Å². The van der Waals surface area contributed by atoms with Crippen LogP contribution in [0.15, 0.2) is 0 Å². The second-order valence-electron chi connectivity index (χ2n) is 0. The van der Waals surface area contributed by atoms with E-state index in [-0.39, 0.29) is 83.9 Å². The second kappa shape index (κ2) is 66.5. The SMILES string of the molecule is [Ca+2].[F-].[F-].[F-].[F-].[Pb+2]. The molecule has 0 nitrogen and oxygen atoms in total. The van der Waals surface area contributed by atoms with Crippen LogP contribution in [0.4, 0.5) is 0 Å². The van der Waals surface area contributed by atoms with Crippen LogP contribution in [0.25, 0.3) is 0 Å². The van der Waals surface area contributed by atoms with Crippen LogP contribution in [0.1, 0.15) is 0 Å². The van der Waals surface area contributed by atoms with Gasteiger partial charge in [-0.1, -0.05) is 0 Å². The van der Waals surface area contributed by atoms with E-state index in [4.69, 9.17) is 0 Å². The van der Waals surface area contributed by atoms with Crippen LogP contribution in [0.3, 0.4) is 0 Å². The molecule has 0 saturated heterocycles. The van der Waals surface area contributed by atoms with E-state index in [2.05, 4.69) is 0 Å². The van der Waals surface area contributed by atoms with Gasteiger partial charge >= 0.3 is 65.0 Å². The Kier molecular flexibility index (Phi) is 1150. The Morgan fingerprint density at radius 3 is 0.500 bits per heavy atom. The average Bonchev–Trinajstić information content (AvgIpc) is 0. The van der Waals surface area contributed by atoms with Gasteiger partial charge < -0.3 is 18.8 Å². The van der Waals surface area contributed by atoms with Gasteiger partial charge in [-0.3, -0.25) is 0 Å². The first-order valence-electron chi connectivity index (χ1n) is 0. The normalized spacial score (nSPS) is 0. The molecule has 2 radical (unpaired) electrons. The molecule has 6 heteroatoms. The van der Waals surface area contributed by atoms with Crippen molar-refractivity contribution in [1.29, 1.82) is 0 Å². The van der Waals surface area contributed by atoms with Crippen LogP contribution >= 0.6 is 0 Å². The second-order valence-corrected chi connectivity index (χ2v) is 0. The molecule has 6 heavy (non-hydrogen) atoms. The topological polar surface area (TPSA) is 0 Å². The fourth-order valence-corrected chi connectivity index (χ4v) is 0. The minimum absolute atomic E-state index is 0. The summed E-state index contributed by atoms with van der Waals surface area (Å²) >= 11 is 0. The molecule has 0 fully saturated rings. The summed E-state index contributed by atoms with van der Waals surface area (Å²) in [6.07, 6.45) is 0. The summed E-state index contributed by atoms with van der Waals surface area (Å²) in [5, 5.41) is 0. The molecule has 0 aromatic carbocycles. The Bertz CT molecular complexity index is 7.51. The summed E-state index contributed by atoms with van der Waals surface area (Å²) in [7, 11) is 0. The zero-order valence-electron chi connectivity index (χ0n) is 2.72. The molecule has 0 atom stereocenters. The Hall–Kier alpha value is 1.90. The van der Waals surface area contributed by atoms with Crippen molar-refractivity contribution in [3.05, 3.63) is 0 Å². The summed E-state index contributed by atoms with van der Waals surface area (Å²) in [4.78, 5) is 0. The summed E-state index contributed by atoms with van der Waals surface area (Å²) in [5.74, 6) is 0. The molecule has 34 valence electrons. The molecule has 0 bridgehead atoms. The Labute approximate surface area is 82.7 Å². The van der Waals surface area contributed by atoms with Gasteiger partial charge in [0.05, 0.1) is 0 Å². The molecule has 0 unspecified atom stereocenters. The Morgan fingerprint density at radius 1 is 0.500 bits per heavy atom. The fourth-order valence-electron chi connectivity index (χ4n) is 0. The van der Waals surface area contributed by atoms with Gasteiger partial charge in [-0.05, 0) is 0 Å². The molecule has 0 spiro atoms. The molecule has 0 aliphatic carbocycles. The van der Waals surface area contributed by atoms with Gasteiger partial charge in [-0.15, -0.1) is 0 Å². The molecule has 0 aromatic heterocycles. The van der Waals surface area contributed by atoms with Gasteiger partial charge in [0.15, 0.2) is 0 Å². The average molecular weight is 323 g/mol. The van der Waals surface area contributed by atoms with Crippen molar-refractivity contribution in [2.75, 3.05) is 0 Å². The first kappa shape index (κ1) is 104. The van der Waals surface area contributed by atoms with Crippen LogP contribution in [-0.4, -0.2) is 65.0 Å². The van der Waals surface area contributed by atoms with E-state index in [1.165, 1.54) is 0 Å². The predicted molar refractivity (Wildman–Crippen MR) is 11.5 cm³/mol. The molecule has 0 amide bonds. The third kappa shape index (κ3) is 39.2. The number of hydrogen-bond donors (Lipinski definition) is 0. The van der Waals surface area contributed by atoms with Crippen LogP contribution in [0.5, 0.6) is 0 Å². The van der Waals surface area contributed by atoms with E-state index in [1.54, 1.807) is 0 Å². The minimum Gasteiger partial charge on any atom is -1.00 e. The Morgan fingerprint density at radius 2 is 0.500 bits per heavy atom. The maximum Gasteiger partial charge on any atom is 2.00 e. The van der Waals surface area contributed by atoms with Gasteiger partial charge in [-0.2, -0.15) is 0 Å². The molecule has 0 rings (SSSR count). The molecular weight excluding hydrogens is 323 g/mol. The predicted octanol–water partition coefficient (Wildman–Crippen LogP) is -12.7. The van der Waals surface area contributed by atoms with Crippen LogP contribution in [0.2, 0.25) is 0 Å². The summed E-state index contributed by atoms with van der Waals surface area (Å²) in [6.45, 7) is 0. The van der Waals surface area contributed by atoms with Gasteiger partial charge in [0.1, 0.15) is 0 Å². The van der Waals surface area contributed by atoms with E-state index >= 15 is 0 Å². The van der Waals surface area contributed by atoms with E-state index in [1.807, 2.05) is 0 Å². The van der Waals surface area contributed by atoms with Gasteiger partial charge in [0.25, 0.3) is 0 Å². The Balaban J connectivity index is 0. The standard InChI is InChI=1S/Ca.4FH.Pb/h;4*1H;/q+2;;;;;+2/p-4. The number of hydrogen-bond acceptors (Lipinski definition) is 0. The molecule has 0 heterocycles. The van der Waals surface area contributed by atoms with Crippen LogP contribution < -0.4 is 18.8 Å². The first-order chi connectivity index (χ1) is 0. The van der Waals surface area contributed by atoms with Crippen molar-refractivity contribution in [2.45, 2.75) is 0 Å². The van der Waals surface area contributed by atoms with Crippen molar-refractivity contribution in [3.63, 3.8) is 0 Å². The molecule has 0 aromatic rings. The van der Waals surface area contributed by atoms with E-state index in [0.717, 1.165) is 0 Å². The monoisotopic (exact) mass is 324 g/mol. The largest absolute Gasteiger partial charge is 2.00 e. The molecule has 0 N–H and O–H groups in total. The molecule has 0 aliphatic rings.